The quantitative estimate of drug-likeness (QED) is 0.139. The molecule has 4 rings (SSSR count). The molecule has 0 bridgehead atoms. The van der Waals surface area contributed by atoms with Crippen molar-refractivity contribution in [2.75, 3.05) is 0 Å². The van der Waals surface area contributed by atoms with Crippen molar-refractivity contribution in [3.05, 3.63) is 72.4 Å². The van der Waals surface area contributed by atoms with Gasteiger partial charge in [0.1, 0.15) is 20.4 Å². The molecule has 0 saturated carbocycles. The summed E-state index contributed by atoms with van der Waals surface area (Å²) in [6, 6.07) is 2.84. The Hall–Kier alpha value is -0.390. The van der Waals surface area contributed by atoms with Crippen molar-refractivity contribution in [3.8, 4) is 23.0 Å². The number of phenolic OH excluding ortho intramolecular Hbond substituents is 2. The maximum Gasteiger partial charge on any atom is 0.337 e. The van der Waals surface area contributed by atoms with E-state index in [1.54, 1.807) is 0 Å². The molecule has 3 N–H and O–H groups in total. The first kappa shape index (κ1) is 25.7. The van der Waals surface area contributed by atoms with E-state index in [4.69, 9.17) is 51.1 Å². The second-order valence-electron chi connectivity index (χ2n) is 6.75. The van der Waals surface area contributed by atoms with Gasteiger partial charge in [0, 0.05) is 31.6 Å². The van der Waals surface area contributed by atoms with Gasteiger partial charge in [-0.05, 0) is 44.0 Å². The van der Waals surface area contributed by atoms with E-state index in [2.05, 4.69) is 63.7 Å². The minimum atomic E-state index is -1.38. The van der Waals surface area contributed by atoms with E-state index in [0.717, 1.165) is 0 Å². The van der Waals surface area contributed by atoms with Gasteiger partial charge in [-0.15, -0.1) is 0 Å². The Kier molecular flexibility index (Phi) is 7.20. The van der Waals surface area contributed by atoms with Crippen LogP contribution in [0.4, 0.5) is 0 Å². The Balaban J connectivity index is 2.27. The minimum Gasteiger partial charge on any atom is -0.507 e. The number of carboxylic acid groups (broad SMARTS) is 1. The molecule has 3 aromatic rings. The zero-order valence-electron chi connectivity index (χ0n) is 15.4. The van der Waals surface area contributed by atoms with E-state index in [1.807, 2.05) is 0 Å². The molecule has 0 fully saturated rings. The Morgan fingerprint density at radius 3 is 1.61 bits per heavy atom. The maximum atomic E-state index is 12.3. The molecule has 1 aliphatic rings. The molecule has 33 heavy (non-hydrogen) atoms. The SMILES string of the molecule is O=C(O)c1c(Cl)c(Cl)c(Cl)c(Cl)c1C1c2c(Br)cc(O)c(Br)c2Oc2c(Br)c(O)cc(Br)c21. The normalized spacial score (nSPS) is 12.8. The number of aromatic hydroxyl groups is 2. The lowest BCUT2D eigenvalue weighted by Gasteiger charge is -2.33. The van der Waals surface area contributed by atoms with Gasteiger partial charge in [0.15, 0.2) is 11.5 Å². The highest BCUT2D eigenvalue weighted by molar-refractivity contribution is 9.11. The summed E-state index contributed by atoms with van der Waals surface area (Å²) < 4.78 is 7.25. The Morgan fingerprint density at radius 1 is 0.758 bits per heavy atom. The van der Waals surface area contributed by atoms with Crippen LogP contribution in [-0.4, -0.2) is 21.3 Å². The van der Waals surface area contributed by atoms with E-state index in [0.29, 0.717) is 20.1 Å². The molecule has 0 aliphatic carbocycles. The standard InChI is InChI=1S/C20H6Br4Cl4O5/c21-3-1-5(29)12(23)18-7(3)9(8-4(22)2-6(30)13(24)19(8)33-18)10-11(20(31)32)15(26)17(28)16(27)14(10)25/h1-2,9,29-30H,(H,31,32). The van der Waals surface area contributed by atoms with E-state index in [9.17, 15) is 20.1 Å². The van der Waals surface area contributed by atoms with Gasteiger partial charge in [-0.25, -0.2) is 4.79 Å². The number of aromatic carboxylic acids is 1. The molecule has 1 aliphatic heterocycles. The first-order chi connectivity index (χ1) is 15.4. The van der Waals surface area contributed by atoms with Crippen LogP contribution in [0.5, 0.6) is 23.0 Å². The second kappa shape index (κ2) is 9.24. The van der Waals surface area contributed by atoms with E-state index >= 15 is 0 Å². The van der Waals surface area contributed by atoms with Gasteiger partial charge in [0.2, 0.25) is 0 Å². The lowest BCUT2D eigenvalue weighted by atomic mass is 9.80. The summed E-state index contributed by atoms with van der Waals surface area (Å²) in [7, 11) is 0. The number of phenols is 2. The molecule has 172 valence electrons. The summed E-state index contributed by atoms with van der Waals surface area (Å²) in [5.74, 6) is -2.29. The molecular weight excluding hydrogens is 782 g/mol. The summed E-state index contributed by atoms with van der Waals surface area (Å²) in [5, 5.41) is 30.0. The van der Waals surface area contributed by atoms with Crippen LogP contribution in [-0.2, 0) is 0 Å². The van der Waals surface area contributed by atoms with E-state index < -0.39 is 11.9 Å². The van der Waals surface area contributed by atoms with Crippen LogP contribution in [0, 0.1) is 0 Å². The van der Waals surface area contributed by atoms with Gasteiger partial charge in [-0.3, -0.25) is 0 Å². The highest BCUT2D eigenvalue weighted by Gasteiger charge is 2.41. The summed E-state index contributed by atoms with van der Waals surface area (Å²) in [6.45, 7) is 0. The average Bonchev–Trinajstić information content (AvgIpc) is 2.75. The molecular formula is C20H6Br4Cl4O5. The second-order valence-corrected chi connectivity index (χ2v) is 11.6. The first-order valence-corrected chi connectivity index (χ1v) is 13.2. The van der Waals surface area contributed by atoms with Gasteiger partial charge in [0.25, 0.3) is 0 Å². The van der Waals surface area contributed by atoms with Gasteiger partial charge in [0.05, 0.1) is 25.7 Å². The number of carboxylic acids is 1. The number of rotatable bonds is 2. The zero-order chi connectivity index (χ0) is 24.5. The summed E-state index contributed by atoms with van der Waals surface area (Å²) >= 11 is 38.9. The maximum absolute atomic E-state index is 12.3. The van der Waals surface area contributed by atoms with Crippen molar-refractivity contribution >= 4 is 116 Å². The van der Waals surface area contributed by atoms with Gasteiger partial charge >= 0.3 is 5.97 Å². The zero-order valence-corrected chi connectivity index (χ0v) is 24.8. The highest BCUT2D eigenvalue weighted by Crippen LogP contribution is 2.61. The molecule has 0 radical (unpaired) electrons. The monoisotopic (exact) mass is 782 g/mol. The van der Waals surface area contributed by atoms with Crippen LogP contribution >= 0.6 is 110 Å². The molecule has 0 saturated heterocycles. The van der Waals surface area contributed by atoms with Crippen molar-refractivity contribution in [1.82, 2.24) is 0 Å². The number of carbonyl (C=O) groups is 1. The molecule has 3 aromatic carbocycles. The molecule has 0 spiro atoms. The predicted molar refractivity (Wildman–Crippen MR) is 141 cm³/mol. The first-order valence-electron chi connectivity index (χ1n) is 8.57. The third-order valence-electron chi connectivity index (χ3n) is 4.97. The van der Waals surface area contributed by atoms with Crippen LogP contribution in [0.1, 0.15) is 33.0 Å². The predicted octanol–water partition coefficient (Wildman–Crippen LogP) is 9.75. The molecule has 0 aromatic heterocycles. The van der Waals surface area contributed by atoms with Crippen LogP contribution < -0.4 is 4.74 Å². The largest absolute Gasteiger partial charge is 0.507 e. The summed E-state index contributed by atoms with van der Waals surface area (Å²) in [6.07, 6.45) is 0. The fourth-order valence-electron chi connectivity index (χ4n) is 3.61. The number of hydrogen-bond donors (Lipinski definition) is 3. The summed E-state index contributed by atoms with van der Waals surface area (Å²) in [4.78, 5) is 12.3. The summed E-state index contributed by atoms with van der Waals surface area (Å²) in [5.41, 5.74) is 0.534. The van der Waals surface area contributed by atoms with Crippen LogP contribution in [0.2, 0.25) is 20.1 Å². The van der Waals surface area contributed by atoms with Crippen molar-refractivity contribution in [3.63, 3.8) is 0 Å². The van der Waals surface area contributed by atoms with Crippen molar-refractivity contribution in [2.45, 2.75) is 5.92 Å². The van der Waals surface area contributed by atoms with Crippen LogP contribution in [0.15, 0.2) is 30.0 Å². The third kappa shape index (κ3) is 3.96. The van der Waals surface area contributed by atoms with Crippen molar-refractivity contribution in [2.24, 2.45) is 0 Å². The number of halogens is 8. The topological polar surface area (TPSA) is 87.0 Å². The molecule has 0 atom stereocenters. The third-order valence-corrected chi connectivity index (χ3v) is 9.63. The van der Waals surface area contributed by atoms with Crippen LogP contribution in [0.3, 0.4) is 0 Å². The highest BCUT2D eigenvalue weighted by atomic mass is 79.9. The number of benzene rings is 3. The fraction of sp³-hybridized carbons (Fsp3) is 0.0500. The number of hydrogen-bond acceptors (Lipinski definition) is 4. The smallest absolute Gasteiger partial charge is 0.337 e. The Morgan fingerprint density at radius 2 is 1.18 bits per heavy atom. The van der Waals surface area contributed by atoms with Gasteiger partial charge in [-0.2, -0.15) is 0 Å². The lowest BCUT2D eigenvalue weighted by molar-refractivity contribution is 0.0695. The molecule has 5 nitrogen and oxygen atoms in total. The molecule has 13 heteroatoms. The Labute approximate surface area is 240 Å². The van der Waals surface area contributed by atoms with Gasteiger partial charge in [-0.1, -0.05) is 78.3 Å². The average molecular weight is 788 g/mol. The van der Waals surface area contributed by atoms with Gasteiger partial charge < -0.3 is 20.1 Å². The van der Waals surface area contributed by atoms with E-state index in [-0.39, 0.29) is 63.2 Å². The van der Waals surface area contributed by atoms with Crippen molar-refractivity contribution < 1.29 is 24.9 Å². The fourth-order valence-corrected chi connectivity index (χ4v) is 6.74. The molecule has 0 amide bonds. The van der Waals surface area contributed by atoms with Crippen molar-refractivity contribution in [1.29, 1.82) is 0 Å². The molecule has 1 heterocycles. The van der Waals surface area contributed by atoms with E-state index in [1.165, 1.54) is 12.1 Å². The number of ether oxygens (including phenoxy) is 1. The number of fused-ring (bicyclic) bond motifs is 2. The lowest BCUT2D eigenvalue weighted by Crippen LogP contribution is -2.18. The minimum absolute atomic E-state index is 0.0472. The Bertz CT molecular complexity index is 1330. The molecule has 0 unspecified atom stereocenters. The van der Waals surface area contributed by atoms with Crippen LogP contribution in [0.25, 0.3) is 0 Å².